The van der Waals surface area contributed by atoms with Gasteiger partial charge in [0.2, 0.25) is 0 Å². The molecule has 3 heterocycles. The first-order chi connectivity index (χ1) is 16.0. The smallest absolute Gasteiger partial charge is 0.379 e. The maximum Gasteiger partial charge on any atom is 0.419 e. The van der Waals surface area contributed by atoms with Crippen molar-refractivity contribution in [2.24, 2.45) is 0 Å². The van der Waals surface area contributed by atoms with E-state index in [4.69, 9.17) is 0 Å². The van der Waals surface area contributed by atoms with Crippen molar-refractivity contribution in [1.82, 2.24) is 24.5 Å². The third-order valence-electron chi connectivity index (χ3n) is 5.95. The Balaban J connectivity index is 1.67. The number of hydrogen-bond acceptors (Lipinski definition) is 7. The molecule has 0 saturated heterocycles. The zero-order chi connectivity index (χ0) is 24.8. The number of aromatic nitrogens is 4. The molecule has 3 aromatic rings. The number of halogens is 3. The Morgan fingerprint density at radius 3 is 2.68 bits per heavy atom. The molecule has 10 nitrogen and oxygen atoms in total. The van der Waals surface area contributed by atoms with Crippen LogP contribution in [0, 0.1) is 0 Å². The van der Waals surface area contributed by atoms with E-state index >= 15 is 0 Å². The zero-order valence-corrected chi connectivity index (χ0v) is 18.6. The second-order valence-corrected chi connectivity index (χ2v) is 8.41. The van der Waals surface area contributed by atoms with E-state index in [0.717, 1.165) is 0 Å². The fourth-order valence-corrected chi connectivity index (χ4v) is 3.84. The molecule has 3 aromatic heterocycles. The van der Waals surface area contributed by atoms with Gasteiger partial charge in [0.15, 0.2) is 11.2 Å². The number of anilines is 3. The van der Waals surface area contributed by atoms with Gasteiger partial charge < -0.3 is 25.6 Å². The standard InChI is InChI=1S/C21H24F3N7O3/c1-11(2)30-8-4-5-13(19(30)33)27-15-9-16(25-3)31-17(29-15)12(10-26-31)18(32)28-14-6-7-20(14,34)21(22,23)24/h4-5,8-11,14,25,34H,6-7H2,1-3H3,(H,27,29)(H,28,32)/t14?,20-/m0/s1. The van der Waals surface area contributed by atoms with E-state index in [1.807, 2.05) is 13.8 Å². The monoisotopic (exact) mass is 479 g/mol. The number of carbonyl (C=O) groups is 1. The average molecular weight is 479 g/mol. The molecule has 0 aromatic carbocycles. The Kier molecular flexibility index (Phi) is 5.75. The number of rotatable bonds is 6. The lowest BCUT2D eigenvalue weighted by Crippen LogP contribution is -2.67. The number of fused-ring (bicyclic) bond motifs is 1. The van der Waals surface area contributed by atoms with E-state index in [1.165, 1.54) is 15.3 Å². The molecule has 13 heteroatoms. The van der Waals surface area contributed by atoms with Gasteiger partial charge in [-0.05, 0) is 38.8 Å². The summed E-state index contributed by atoms with van der Waals surface area (Å²) in [5.41, 5.74) is -3.00. The van der Waals surface area contributed by atoms with Crippen molar-refractivity contribution in [3.8, 4) is 0 Å². The van der Waals surface area contributed by atoms with Crippen molar-refractivity contribution in [1.29, 1.82) is 0 Å². The first kappa shape index (κ1) is 23.5. The first-order valence-electron chi connectivity index (χ1n) is 10.6. The van der Waals surface area contributed by atoms with E-state index < -0.39 is 30.1 Å². The van der Waals surface area contributed by atoms with Gasteiger partial charge in [-0.15, -0.1) is 0 Å². The summed E-state index contributed by atoms with van der Waals surface area (Å²) >= 11 is 0. The Bertz CT molecular complexity index is 1300. The van der Waals surface area contributed by atoms with Crippen LogP contribution >= 0.6 is 0 Å². The highest BCUT2D eigenvalue weighted by atomic mass is 19.4. The summed E-state index contributed by atoms with van der Waals surface area (Å²) in [4.78, 5) is 29.9. The van der Waals surface area contributed by atoms with Crippen LogP contribution in [0.15, 0.2) is 35.4 Å². The molecule has 4 rings (SSSR count). The quantitative estimate of drug-likeness (QED) is 0.428. The second-order valence-electron chi connectivity index (χ2n) is 8.41. The highest BCUT2D eigenvalue weighted by molar-refractivity contribution is 6.00. The minimum absolute atomic E-state index is 0.0148. The summed E-state index contributed by atoms with van der Waals surface area (Å²) in [6.45, 7) is 3.74. The first-order valence-corrected chi connectivity index (χ1v) is 10.6. The predicted molar refractivity (Wildman–Crippen MR) is 118 cm³/mol. The van der Waals surface area contributed by atoms with Crippen molar-refractivity contribution >= 4 is 28.9 Å². The Morgan fingerprint density at radius 2 is 2.09 bits per heavy atom. The minimum atomic E-state index is -4.86. The number of hydrogen-bond donors (Lipinski definition) is 4. The Hall–Kier alpha value is -3.61. The van der Waals surface area contributed by atoms with Gasteiger partial charge in [0, 0.05) is 25.4 Å². The van der Waals surface area contributed by atoms with E-state index in [2.05, 4.69) is 26.0 Å². The van der Waals surface area contributed by atoms with Crippen molar-refractivity contribution < 1.29 is 23.1 Å². The number of pyridine rings is 1. The van der Waals surface area contributed by atoms with Gasteiger partial charge >= 0.3 is 6.18 Å². The summed E-state index contributed by atoms with van der Waals surface area (Å²) in [5, 5.41) is 22.1. The van der Waals surface area contributed by atoms with Crippen LogP contribution in [-0.2, 0) is 0 Å². The van der Waals surface area contributed by atoms with Gasteiger partial charge in [0.05, 0.1) is 12.2 Å². The maximum absolute atomic E-state index is 13.2. The zero-order valence-electron chi connectivity index (χ0n) is 18.6. The minimum Gasteiger partial charge on any atom is -0.379 e. The van der Waals surface area contributed by atoms with Gasteiger partial charge in [-0.3, -0.25) is 9.59 Å². The average Bonchev–Trinajstić information content (AvgIpc) is 3.20. The van der Waals surface area contributed by atoms with Crippen LogP contribution in [0.25, 0.3) is 5.65 Å². The van der Waals surface area contributed by atoms with Crippen LogP contribution in [0.5, 0.6) is 0 Å². The number of nitrogens with one attached hydrogen (secondary N) is 3. The number of nitrogens with zero attached hydrogens (tertiary/aromatic N) is 4. The van der Waals surface area contributed by atoms with Crippen LogP contribution in [-0.4, -0.2) is 55.0 Å². The molecular weight excluding hydrogens is 455 g/mol. The van der Waals surface area contributed by atoms with Gasteiger partial charge in [-0.1, -0.05) is 0 Å². The predicted octanol–water partition coefficient (Wildman–Crippen LogP) is 2.44. The molecule has 1 aliphatic carbocycles. The van der Waals surface area contributed by atoms with E-state index in [0.29, 0.717) is 5.82 Å². The van der Waals surface area contributed by atoms with E-state index in [9.17, 15) is 27.9 Å². The molecule has 2 atom stereocenters. The third kappa shape index (κ3) is 3.85. The molecule has 34 heavy (non-hydrogen) atoms. The van der Waals surface area contributed by atoms with Crippen LogP contribution in [0.2, 0.25) is 0 Å². The van der Waals surface area contributed by atoms with Crippen molar-refractivity contribution in [2.45, 2.75) is 50.6 Å². The molecule has 182 valence electrons. The third-order valence-corrected chi connectivity index (χ3v) is 5.95. The van der Waals surface area contributed by atoms with Crippen molar-refractivity contribution in [3.05, 3.63) is 46.5 Å². The van der Waals surface area contributed by atoms with E-state index in [1.54, 1.807) is 31.4 Å². The fraction of sp³-hybridized carbons (Fsp3) is 0.429. The molecule has 1 aliphatic rings. The van der Waals surface area contributed by atoms with Gasteiger partial charge in [0.25, 0.3) is 11.5 Å². The molecular formula is C21H24F3N7O3. The van der Waals surface area contributed by atoms with Crippen LogP contribution in [0.3, 0.4) is 0 Å². The summed E-state index contributed by atoms with van der Waals surface area (Å²) in [7, 11) is 1.62. The van der Waals surface area contributed by atoms with Crippen LogP contribution in [0.4, 0.5) is 30.5 Å². The molecule has 1 amide bonds. The van der Waals surface area contributed by atoms with Crippen molar-refractivity contribution in [3.63, 3.8) is 0 Å². The van der Waals surface area contributed by atoms with Crippen LogP contribution < -0.4 is 21.5 Å². The summed E-state index contributed by atoms with van der Waals surface area (Å²) < 4.78 is 42.4. The summed E-state index contributed by atoms with van der Waals surface area (Å²) in [6, 6.07) is 3.33. The summed E-state index contributed by atoms with van der Waals surface area (Å²) in [5.74, 6) is -0.210. The molecule has 0 radical (unpaired) electrons. The highest BCUT2D eigenvalue weighted by Crippen LogP contribution is 2.45. The Morgan fingerprint density at radius 1 is 1.35 bits per heavy atom. The lowest BCUT2D eigenvalue weighted by atomic mass is 9.74. The number of amides is 1. The number of carbonyl (C=O) groups excluding carboxylic acids is 1. The largest absolute Gasteiger partial charge is 0.419 e. The topological polar surface area (TPSA) is 126 Å². The second kappa shape index (κ2) is 8.31. The van der Waals surface area contributed by atoms with Crippen molar-refractivity contribution in [2.75, 3.05) is 17.7 Å². The Labute approximate surface area is 191 Å². The fourth-order valence-electron chi connectivity index (χ4n) is 3.84. The maximum atomic E-state index is 13.2. The SMILES string of the molecule is CNc1cc(Nc2cccn(C(C)C)c2=O)nc2c(C(=O)NC3CC[C@@]3(O)C(F)(F)F)cnn12. The highest BCUT2D eigenvalue weighted by Gasteiger charge is 2.64. The molecule has 1 saturated carbocycles. The van der Waals surface area contributed by atoms with Crippen LogP contribution in [0.1, 0.15) is 43.1 Å². The normalized spacial score (nSPS) is 20.3. The lowest BCUT2D eigenvalue weighted by molar-refractivity contribution is -0.296. The number of aliphatic hydroxyl groups is 1. The van der Waals surface area contributed by atoms with Gasteiger partial charge in [-0.2, -0.15) is 22.8 Å². The lowest BCUT2D eigenvalue weighted by Gasteiger charge is -2.46. The molecule has 4 N–H and O–H groups in total. The molecule has 1 unspecified atom stereocenters. The van der Waals surface area contributed by atoms with Gasteiger partial charge in [0.1, 0.15) is 22.9 Å². The summed E-state index contributed by atoms with van der Waals surface area (Å²) in [6.07, 6.45) is -2.52. The van der Waals surface area contributed by atoms with Gasteiger partial charge in [-0.25, -0.2) is 4.98 Å². The van der Waals surface area contributed by atoms with E-state index in [-0.39, 0.29) is 40.7 Å². The number of alkyl halides is 3. The molecule has 0 aliphatic heterocycles. The molecule has 0 bridgehead atoms. The molecule has 0 spiro atoms. The molecule has 1 fully saturated rings.